The predicted octanol–water partition coefficient (Wildman–Crippen LogP) is 8.87. The van der Waals surface area contributed by atoms with Crippen LogP contribution in [0.5, 0.6) is 0 Å². The normalized spacial score (nSPS) is 16.3. The van der Waals surface area contributed by atoms with E-state index in [9.17, 15) is 0 Å². The molecule has 0 N–H and O–H groups in total. The Balaban J connectivity index is 2.09. The highest BCUT2D eigenvalue weighted by Crippen LogP contribution is 2.23. The molecule has 1 aliphatic heterocycles. The number of hydrogen-bond acceptors (Lipinski definition) is 2. The van der Waals surface area contributed by atoms with Gasteiger partial charge in [-0.25, -0.2) is 0 Å². The molecule has 0 saturated carbocycles. The lowest BCUT2D eigenvalue weighted by Crippen LogP contribution is -2.39. The summed E-state index contributed by atoms with van der Waals surface area (Å²) in [5.74, 6) is 0. The highest BCUT2D eigenvalue weighted by molar-refractivity contribution is 4.96. The van der Waals surface area contributed by atoms with Crippen molar-refractivity contribution in [2.75, 3.05) is 13.1 Å². The quantitative estimate of drug-likeness (QED) is 0.176. The van der Waals surface area contributed by atoms with Crippen LogP contribution in [-0.4, -0.2) is 29.1 Å². The number of nitrogens with zero attached hydrogens (tertiary/aromatic N) is 2. The molecular formula is C27H54N2. The van der Waals surface area contributed by atoms with Gasteiger partial charge in [0, 0.05) is 25.5 Å². The zero-order valence-corrected chi connectivity index (χ0v) is 20.5. The zero-order chi connectivity index (χ0) is 21.0. The Kier molecular flexibility index (Phi) is 17.6. The maximum atomic E-state index is 2.65. The third kappa shape index (κ3) is 13.3. The fourth-order valence-electron chi connectivity index (χ4n) is 4.57. The van der Waals surface area contributed by atoms with Gasteiger partial charge in [0.15, 0.2) is 0 Å². The summed E-state index contributed by atoms with van der Waals surface area (Å²) >= 11 is 0. The molecule has 1 atom stereocenters. The monoisotopic (exact) mass is 406 g/mol. The summed E-state index contributed by atoms with van der Waals surface area (Å²) in [6.07, 6.45) is 32.1. The summed E-state index contributed by atoms with van der Waals surface area (Å²) < 4.78 is 0. The van der Waals surface area contributed by atoms with Crippen LogP contribution >= 0.6 is 0 Å². The van der Waals surface area contributed by atoms with Gasteiger partial charge in [-0.3, -0.25) is 0 Å². The first kappa shape index (κ1) is 26.4. The second-order valence-corrected chi connectivity index (χ2v) is 9.35. The van der Waals surface area contributed by atoms with Crippen molar-refractivity contribution in [1.82, 2.24) is 9.80 Å². The Morgan fingerprint density at radius 3 is 1.31 bits per heavy atom. The van der Waals surface area contributed by atoms with Crippen LogP contribution in [0.2, 0.25) is 0 Å². The van der Waals surface area contributed by atoms with Gasteiger partial charge in [-0.2, -0.15) is 0 Å². The average molecular weight is 407 g/mol. The lowest BCUT2D eigenvalue weighted by molar-refractivity contribution is 0.136. The molecule has 0 saturated heterocycles. The Bertz CT molecular complexity index is 366. The molecular weight excluding hydrogens is 352 g/mol. The minimum atomic E-state index is 0.645. The van der Waals surface area contributed by atoms with Gasteiger partial charge in [-0.15, -0.1) is 0 Å². The Morgan fingerprint density at radius 1 is 0.448 bits per heavy atom. The predicted molar refractivity (Wildman–Crippen MR) is 131 cm³/mol. The van der Waals surface area contributed by atoms with Crippen LogP contribution in [0, 0.1) is 0 Å². The van der Waals surface area contributed by atoms with E-state index in [0.29, 0.717) is 6.17 Å². The molecule has 1 rings (SSSR count). The van der Waals surface area contributed by atoms with E-state index in [1.54, 1.807) is 0 Å². The summed E-state index contributed by atoms with van der Waals surface area (Å²) in [5.41, 5.74) is 0. The first-order chi connectivity index (χ1) is 14.3. The molecule has 0 amide bonds. The molecule has 0 aromatic rings. The van der Waals surface area contributed by atoms with E-state index < -0.39 is 0 Å². The van der Waals surface area contributed by atoms with Crippen LogP contribution in [0.25, 0.3) is 0 Å². The highest BCUT2D eigenvalue weighted by Gasteiger charge is 2.24. The molecule has 1 unspecified atom stereocenters. The van der Waals surface area contributed by atoms with Crippen LogP contribution < -0.4 is 0 Å². The van der Waals surface area contributed by atoms with Crippen LogP contribution in [0.3, 0.4) is 0 Å². The van der Waals surface area contributed by atoms with E-state index >= 15 is 0 Å². The average Bonchev–Trinajstić information content (AvgIpc) is 3.12. The van der Waals surface area contributed by atoms with Gasteiger partial charge in [0.2, 0.25) is 0 Å². The van der Waals surface area contributed by atoms with E-state index in [1.165, 1.54) is 135 Å². The zero-order valence-electron chi connectivity index (χ0n) is 20.5. The standard InChI is InChI=1S/C27H54N2/c1-4-7-10-12-13-14-15-16-17-18-19-21-24-29-26-25-28(23-9-6-3)27(29)22-20-11-8-5-2/h25-27H,4-24H2,1-3H3. The Hall–Kier alpha value is -0.660. The smallest absolute Gasteiger partial charge is 0.101 e. The fourth-order valence-corrected chi connectivity index (χ4v) is 4.57. The van der Waals surface area contributed by atoms with Crippen LogP contribution in [0.4, 0.5) is 0 Å². The van der Waals surface area contributed by atoms with Crippen LogP contribution in [-0.2, 0) is 0 Å². The molecule has 1 heterocycles. The molecule has 0 fully saturated rings. The topological polar surface area (TPSA) is 6.48 Å². The van der Waals surface area contributed by atoms with Crippen molar-refractivity contribution in [3.8, 4) is 0 Å². The van der Waals surface area contributed by atoms with Crippen molar-refractivity contribution in [1.29, 1.82) is 0 Å². The molecule has 0 aromatic carbocycles. The van der Waals surface area contributed by atoms with Gasteiger partial charge in [0.05, 0.1) is 0 Å². The van der Waals surface area contributed by atoms with Gasteiger partial charge in [0.25, 0.3) is 0 Å². The van der Waals surface area contributed by atoms with E-state index in [-0.39, 0.29) is 0 Å². The lowest BCUT2D eigenvalue weighted by Gasteiger charge is -2.33. The molecule has 0 radical (unpaired) electrons. The Labute approximate surface area is 184 Å². The first-order valence-electron chi connectivity index (χ1n) is 13.5. The fraction of sp³-hybridized carbons (Fsp3) is 0.926. The molecule has 172 valence electrons. The van der Waals surface area contributed by atoms with Crippen molar-refractivity contribution >= 4 is 0 Å². The largest absolute Gasteiger partial charge is 0.356 e. The summed E-state index contributed by atoms with van der Waals surface area (Å²) in [5, 5.41) is 0. The van der Waals surface area contributed by atoms with Gasteiger partial charge in [0.1, 0.15) is 6.17 Å². The SMILES string of the molecule is CCCCCCCCCCCCCCN1C=CN(CCCC)C1CCCCCC. The summed E-state index contributed by atoms with van der Waals surface area (Å²) in [6.45, 7) is 9.41. The number of unbranched alkanes of at least 4 members (excludes halogenated alkanes) is 15. The van der Waals surface area contributed by atoms with Gasteiger partial charge in [-0.1, -0.05) is 117 Å². The first-order valence-corrected chi connectivity index (χ1v) is 13.5. The summed E-state index contributed by atoms with van der Waals surface area (Å²) in [6, 6.07) is 0. The molecule has 2 nitrogen and oxygen atoms in total. The minimum Gasteiger partial charge on any atom is -0.356 e. The molecule has 29 heavy (non-hydrogen) atoms. The molecule has 1 aliphatic rings. The second-order valence-electron chi connectivity index (χ2n) is 9.35. The van der Waals surface area contributed by atoms with Gasteiger partial charge >= 0.3 is 0 Å². The third-order valence-corrected chi connectivity index (χ3v) is 6.57. The molecule has 0 bridgehead atoms. The third-order valence-electron chi connectivity index (χ3n) is 6.57. The van der Waals surface area contributed by atoms with Crippen LogP contribution in [0.1, 0.15) is 143 Å². The van der Waals surface area contributed by atoms with Crippen molar-refractivity contribution in [3.63, 3.8) is 0 Å². The second kappa shape index (κ2) is 19.3. The van der Waals surface area contributed by atoms with E-state index in [1.807, 2.05) is 0 Å². The summed E-state index contributed by atoms with van der Waals surface area (Å²) in [4.78, 5) is 5.27. The Morgan fingerprint density at radius 2 is 0.828 bits per heavy atom. The maximum absolute atomic E-state index is 2.65. The number of rotatable bonds is 21. The maximum Gasteiger partial charge on any atom is 0.101 e. The molecule has 0 spiro atoms. The molecule has 0 aromatic heterocycles. The van der Waals surface area contributed by atoms with E-state index in [4.69, 9.17) is 0 Å². The molecule has 0 aliphatic carbocycles. The lowest BCUT2D eigenvalue weighted by atomic mass is 10.1. The summed E-state index contributed by atoms with van der Waals surface area (Å²) in [7, 11) is 0. The van der Waals surface area contributed by atoms with Crippen molar-refractivity contribution in [2.24, 2.45) is 0 Å². The van der Waals surface area contributed by atoms with E-state index in [0.717, 1.165) is 0 Å². The van der Waals surface area contributed by atoms with Gasteiger partial charge in [-0.05, 0) is 25.7 Å². The van der Waals surface area contributed by atoms with E-state index in [2.05, 4.69) is 43.0 Å². The minimum absolute atomic E-state index is 0.645. The van der Waals surface area contributed by atoms with Gasteiger partial charge < -0.3 is 9.80 Å². The van der Waals surface area contributed by atoms with Crippen LogP contribution in [0.15, 0.2) is 12.4 Å². The highest BCUT2D eigenvalue weighted by atomic mass is 15.4. The number of hydrogen-bond donors (Lipinski definition) is 0. The van der Waals surface area contributed by atoms with Crippen molar-refractivity contribution in [2.45, 2.75) is 149 Å². The molecule has 2 heteroatoms. The van der Waals surface area contributed by atoms with Crippen molar-refractivity contribution < 1.29 is 0 Å². The van der Waals surface area contributed by atoms with Crippen molar-refractivity contribution in [3.05, 3.63) is 12.4 Å².